The van der Waals surface area contributed by atoms with E-state index in [-0.39, 0.29) is 30.7 Å². The Labute approximate surface area is 190 Å². The first-order valence-corrected chi connectivity index (χ1v) is 10.2. The van der Waals surface area contributed by atoms with E-state index < -0.39 is 23.7 Å². The second-order valence-corrected chi connectivity index (χ2v) is 7.31. The Morgan fingerprint density at radius 2 is 1.67 bits per heavy atom. The number of amides is 1. The van der Waals surface area contributed by atoms with Gasteiger partial charge in [-0.1, -0.05) is 6.07 Å². The molecule has 0 aliphatic carbocycles. The molecule has 1 aliphatic heterocycles. The Balaban J connectivity index is 2.13. The van der Waals surface area contributed by atoms with Gasteiger partial charge in [-0.2, -0.15) is 0 Å². The minimum Gasteiger partial charge on any atom is -0.550 e. The van der Waals surface area contributed by atoms with Crippen molar-refractivity contribution in [3.05, 3.63) is 59.2 Å². The average Bonchev–Trinajstić information content (AvgIpc) is 3.08. The number of hydrogen-bond donors (Lipinski definition) is 1. The maximum absolute atomic E-state index is 13.0. The van der Waals surface area contributed by atoms with Crippen LogP contribution in [0.5, 0.6) is 17.2 Å². The van der Waals surface area contributed by atoms with E-state index >= 15 is 0 Å². The minimum absolute atomic E-state index is 0.0169. The van der Waals surface area contributed by atoms with Gasteiger partial charge in [0, 0.05) is 18.1 Å². The Kier molecular flexibility index (Phi) is 7.22. The number of methoxy groups -OCH3 is 3. The van der Waals surface area contributed by atoms with Crippen LogP contribution in [0.15, 0.2) is 48.0 Å². The van der Waals surface area contributed by atoms with Gasteiger partial charge in [0.15, 0.2) is 11.5 Å². The van der Waals surface area contributed by atoms with Crippen LogP contribution in [0.25, 0.3) is 5.76 Å². The number of benzene rings is 2. The normalized spacial score (nSPS) is 17.2. The lowest BCUT2D eigenvalue weighted by atomic mass is 9.95. The summed E-state index contributed by atoms with van der Waals surface area (Å²) in [4.78, 5) is 38.0. The summed E-state index contributed by atoms with van der Waals surface area (Å²) in [5.74, 6) is -1.92. The standard InChI is InChI=1S/C24H25NO8/c1-31-16-9-6-14(7-10-16)22(28)20-21(15-8-11-17(32-2)18(13-15)33-3)25(24(30)23(20)29)12-4-5-19(26)27/h6-11,13,21,28H,4-5,12H2,1-3H3,(H,26,27)/p-1/b22-20+/t21-/m1/s1. The van der Waals surface area contributed by atoms with Gasteiger partial charge >= 0.3 is 0 Å². The predicted molar refractivity (Wildman–Crippen MR) is 116 cm³/mol. The molecule has 0 radical (unpaired) electrons. The lowest BCUT2D eigenvalue weighted by Crippen LogP contribution is -2.32. The molecule has 1 N–H and O–H groups in total. The summed E-state index contributed by atoms with van der Waals surface area (Å²) < 4.78 is 15.7. The molecule has 1 saturated heterocycles. The summed E-state index contributed by atoms with van der Waals surface area (Å²) in [6, 6.07) is 10.3. The van der Waals surface area contributed by atoms with Crippen LogP contribution >= 0.6 is 0 Å². The van der Waals surface area contributed by atoms with E-state index in [1.54, 1.807) is 42.5 Å². The van der Waals surface area contributed by atoms with Gasteiger partial charge in [0.1, 0.15) is 11.5 Å². The molecule has 0 bridgehead atoms. The minimum atomic E-state index is -1.26. The van der Waals surface area contributed by atoms with Crippen molar-refractivity contribution in [2.75, 3.05) is 27.9 Å². The third-order valence-corrected chi connectivity index (χ3v) is 5.41. The van der Waals surface area contributed by atoms with Crippen LogP contribution in [-0.2, 0) is 14.4 Å². The fourth-order valence-electron chi connectivity index (χ4n) is 3.78. The number of nitrogens with zero attached hydrogens (tertiary/aromatic N) is 1. The van der Waals surface area contributed by atoms with E-state index in [1.807, 2.05) is 0 Å². The van der Waals surface area contributed by atoms with Crippen LogP contribution in [0, 0.1) is 0 Å². The zero-order chi connectivity index (χ0) is 24.1. The Hall–Kier alpha value is -4.01. The highest BCUT2D eigenvalue weighted by molar-refractivity contribution is 6.46. The van der Waals surface area contributed by atoms with Gasteiger partial charge < -0.3 is 34.1 Å². The molecular formula is C24H24NO8-. The topological polar surface area (TPSA) is 125 Å². The molecule has 174 valence electrons. The van der Waals surface area contributed by atoms with E-state index in [0.29, 0.717) is 28.4 Å². The number of carbonyl (C=O) groups excluding carboxylic acids is 3. The number of carbonyl (C=O) groups is 3. The average molecular weight is 454 g/mol. The Bertz CT molecular complexity index is 1090. The number of carboxylic acid groups (broad SMARTS) is 1. The summed E-state index contributed by atoms with van der Waals surface area (Å²) in [7, 11) is 4.44. The van der Waals surface area contributed by atoms with Gasteiger partial charge in [0.25, 0.3) is 11.7 Å². The zero-order valence-corrected chi connectivity index (χ0v) is 18.5. The van der Waals surface area contributed by atoms with Crippen molar-refractivity contribution in [2.45, 2.75) is 18.9 Å². The van der Waals surface area contributed by atoms with Gasteiger partial charge in [0.05, 0.1) is 32.9 Å². The van der Waals surface area contributed by atoms with Crippen LogP contribution in [0.4, 0.5) is 0 Å². The van der Waals surface area contributed by atoms with Crippen molar-refractivity contribution in [3.8, 4) is 17.2 Å². The van der Waals surface area contributed by atoms with Crippen molar-refractivity contribution in [1.29, 1.82) is 0 Å². The van der Waals surface area contributed by atoms with Crippen LogP contribution in [0.3, 0.4) is 0 Å². The fraction of sp³-hybridized carbons (Fsp3) is 0.292. The molecule has 2 aromatic carbocycles. The van der Waals surface area contributed by atoms with Crippen LogP contribution in [0.2, 0.25) is 0 Å². The molecule has 1 heterocycles. The number of carboxylic acids is 1. The molecule has 1 fully saturated rings. The van der Waals surface area contributed by atoms with Gasteiger partial charge in [-0.05, 0) is 54.8 Å². The predicted octanol–water partition coefficient (Wildman–Crippen LogP) is 1.66. The van der Waals surface area contributed by atoms with Crippen LogP contribution in [0.1, 0.15) is 30.0 Å². The molecular weight excluding hydrogens is 430 g/mol. The second-order valence-electron chi connectivity index (χ2n) is 7.31. The van der Waals surface area contributed by atoms with Crippen molar-refractivity contribution in [1.82, 2.24) is 4.90 Å². The quantitative estimate of drug-likeness (QED) is 0.345. The van der Waals surface area contributed by atoms with E-state index in [2.05, 4.69) is 0 Å². The molecule has 2 aromatic rings. The molecule has 3 rings (SSSR count). The summed E-state index contributed by atoms with van der Waals surface area (Å²) in [5, 5.41) is 21.9. The monoisotopic (exact) mass is 454 g/mol. The van der Waals surface area contributed by atoms with Crippen molar-refractivity contribution < 1.29 is 38.8 Å². The lowest BCUT2D eigenvalue weighted by Gasteiger charge is -2.26. The number of aliphatic carboxylic acids is 1. The number of Topliss-reactive ketones (excluding diaryl/α,β-unsaturated/α-hetero) is 1. The maximum atomic E-state index is 13.0. The molecule has 0 unspecified atom stereocenters. The number of likely N-dealkylation sites (tertiary alicyclic amines) is 1. The molecule has 33 heavy (non-hydrogen) atoms. The highest BCUT2D eigenvalue weighted by Gasteiger charge is 2.46. The number of aliphatic hydroxyl groups excluding tert-OH is 1. The Morgan fingerprint density at radius 3 is 2.24 bits per heavy atom. The van der Waals surface area contributed by atoms with E-state index in [1.165, 1.54) is 26.2 Å². The van der Waals surface area contributed by atoms with Gasteiger partial charge in [-0.15, -0.1) is 0 Å². The molecule has 1 aliphatic rings. The van der Waals surface area contributed by atoms with Crippen LogP contribution < -0.4 is 19.3 Å². The highest BCUT2D eigenvalue weighted by Crippen LogP contribution is 2.42. The molecule has 1 atom stereocenters. The second kappa shape index (κ2) is 10.1. The van der Waals surface area contributed by atoms with Gasteiger partial charge in [0.2, 0.25) is 0 Å². The summed E-state index contributed by atoms with van der Waals surface area (Å²) in [6.45, 7) is -0.0169. The fourth-order valence-corrected chi connectivity index (χ4v) is 3.78. The van der Waals surface area contributed by atoms with Gasteiger partial charge in [-0.25, -0.2) is 0 Å². The zero-order valence-electron chi connectivity index (χ0n) is 18.5. The third kappa shape index (κ3) is 4.77. The van der Waals surface area contributed by atoms with E-state index in [9.17, 15) is 24.6 Å². The number of aliphatic hydroxyl groups is 1. The van der Waals surface area contributed by atoms with Crippen molar-refractivity contribution in [3.63, 3.8) is 0 Å². The lowest BCUT2D eigenvalue weighted by molar-refractivity contribution is -0.305. The molecule has 9 heteroatoms. The molecule has 9 nitrogen and oxygen atoms in total. The number of rotatable bonds is 9. The maximum Gasteiger partial charge on any atom is 0.295 e. The number of ketones is 1. The summed E-state index contributed by atoms with van der Waals surface area (Å²) >= 11 is 0. The summed E-state index contributed by atoms with van der Waals surface area (Å²) in [5.41, 5.74) is 0.718. The van der Waals surface area contributed by atoms with Crippen molar-refractivity contribution >= 4 is 23.4 Å². The number of hydrogen-bond acceptors (Lipinski definition) is 8. The largest absolute Gasteiger partial charge is 0.550 e. The molecule has 0 spiro atoms. The van der Waals surface area contributed by atoms with E-state index in [0.717, 1.165) is 0 Å². The third-order valence-electron chi connectivity index (χ3n) is 5.41. The van der Waals surface area contributed by atoms with Gasteiger partial charge in [-0.3, -0.25) is 9.59 Å². The molecule has 0 aromatic heterocycles. The molecule has 0 saturated carbocycles. The molecule has 1 amide bonds. The smallest absolute Gasteiger partial charge is 0.295 e. The van der Waals surface area contributed by atoms with E-state index in [4.69, 9.17) is 14.2 Å². The van der Waals surface area contributed by atoms with Crippen LogP contribution in [-0.4, -0.2) is 55.5 Å². The van der Waals surface area contributed by atoms with Crippen molar-refractivity contribution in [2.24, 2.45) is 0 Å². The Morgan fingerprint density at radius 1 is 1.00 bits per heavy atom. The first-order chi connectivity index (χ1) is 15.8. The SMILES string of the molecule is COc1ccc(/C(O)=C2\C(=O)C(=O)N(CCCC(=O)[O-])[C@@H]2c2ccc(OC)c(OC)c2)cc1. The first kappa shape index (κ1) is 23.6. The summed E-state index contributed by atoms with van der Waals surface area (Å²) in [6.07, 6.45) is -0.193. The first-order valence-electron chi connectivity index (χ1n) is 10.2. The highest BCUT2D eigenvalue weighted by atomic mass is 16.5. The number of ether oxygens (including phenoxy) is 3.